The molecular weight excluding hydrogens is 424 g/mol. The van der Waals surface area contributed by atoms with Crippen LogP contribution < -0.4 is 5.32 Å². The monoisotopic (exact) mass is 448 g/mol. The quantitative estimate of drug-likeness (QED) is 0.400. The number of pyridine rings is 1. The molecule has 0 saturated heterocycles. The zero-order valence-electron chi connectivity index (χ0n) is 18.8. The van der Waals surface area contributed by atoms with Crippen LogP contribution in [0.5, 0.6) is 0 Å². The van der Waals surface area contributed by atoms with Crippen molar-refractivity contribution in [1.29, 1.82) is 0 Å². The molecule has 5 rings (SSSR count). The Labute approximate surface area is 197 Å². The van der Waals surface area contributed by atoms with Gasteiger partial charge in [-0.2, -0.15) is 10.2 Å². The zero-order chi connectivity index (χ0) is 23.3. The van der Waals surface area contributed by atoms with Crippen LogP contribution in [0.1, 0.15) is 27.0 Å². The maximum atomic E-state index is 13.2. The SMILES string of the molecule is Cc1ccc(-c2nn(Cc3ccccc3)cc2C(=O)NCc2ccc(-n3cccn3)nc2)cc1. The predicted octanol–water partition coefficient (Wildman–Crippen LogP) is 4.42. The van der Waals surface area contributed by atoms with E-state index in [1.54, 1.807) is 17.1 Å². The lowest BCUT2D eigenvalue weighted by atomic mass is 10.1. The molecule has 0 saturated carbocycles. The van der Waals surface area contributed by atoms with Crippen LogP contribution in [-0.4, -0.2) is 30.5 Å². The third-order valence-corrected chi connectivity index (χ3v) is 5.52. The maximum Gasteiger partial charge on any atom is 0.255 e. The van der Waals surface area contributed by atoms with Gasteiger partial charge in [0.2, 0.25) is 0 Å². The van der Waals surface area contributed by atoms with Gasteiger partial charge in [-0.3, -0.25) is 9.48 Å². The Morgan fingerprint density at radius 2 is 1.76 bits per heavy atom. The van der Waals surface area contributed by atoms with Gasteiger partial charge in [0.05, 0.1) is 12.1 Å². The lowest BCUT2D eigenvalue weighted by Crippen LogP contribution is -2.23. The highest BCUT2D eigenvalue weighted by atomic mass is 16.1. The minimum Gasteiger partial charge on any atom is -0.348 e. The molecule has 1 N–H and O–H groups in total. The van der Waals surface area contributed by atoms with Gasteiger partial charge in [-0.25, -0.2) is 9.67 Å². The van der Waals surface area contributed by atoms with Gasteiger partial charge in [-0.15, -0.1) is 0 Å². The van der Waals surface area contributed by atoms with Crippen LogP contribution in [-0.2, 0) is 13.1 Å². The van der Waals surface area contributed by atoms with E-state index in [0.717, 1.165) is 28.1 Å². The van der Waals surface area contributed by atoms with Gasteiger partial charge in [-0.05, 0) is 30.2 Å². The summed E-state index contributed by atoms with van der Waals surface area (Å²) in [6, 6.07) is 23.8. The number of benzene rings is 2. The third kappa shape index (κ3) is 4.78. The number of hydrogen-bond acceptors (Lipinski definition) is 4. The second-order valence-electron chi connectivity index (χ2n) is 8.10. The fourth-order valence-electron chi connectivity index (χ4n) is 3.70. The second-order valence-corrected chi connectivity index (χ2v) is 8.10. The van der Waals surface area contributed by atoms with Crippen molar-refractivity contribution in [3.8, 4) is 17.1 Å². The smallest absolute Gasteiger partial charge is 0.255 e. The van der Waals surface area contributed by atoms with Crippen molar-refractivity contribution in [2.24, 2.45) is 0 Å². The van der Waals surface area contributed by atoms with E-state index < -0.39 is 0 Å². The van der Waals surface area contributed by atoms with Gasteiger partial charge in [0.25, 0.3) is 5.91 Å². The number of rotatable bonds is 7. The first-order valence-corrected chi connectivity index (χ1v) is 11.1. The number of carbonyl (C=O) groups is 1. The van der Waals surface area contributed by atoms with Gasteiger partial charge in [0.15, 0.2) is 5.82 Å². The van der Waals surface area contributed by atoms with Crippen molar-refractivity contribution in [1.82, 2.24) is 29.9 Å². The molecule has 0 radical (unpaired) electrons. The first-order valence-electron chi connectivity index (χ1n) is 11.1. The number of hydrogen-bond donors (Lipinski definition) is 1. The van der Waals surface area contributed by atoms with E-state index in [2.05, 4.69) is 15.4 Å². The predicted molar refractivity (Wildman–Crippen MR) is 130 cm³/mol. The Morgan fingerprint density at radius 1 is 0.941 bits per heavy atom. The van der Waals surface area contributed by atoms with Crippen LogP contribution in [0, 0.1) is 6.92 Å². The maximum absolute atomic E-state index is 13.2. The lowest BCUT2D eigenvalue weighted by Gasteiger charge is -2.07. The molecule has 0 unspecified atom stereocenters. The van der Waals surface area contributed by atoms with E-state index in [0.29, 0.717) is 24.3 Å². The highest BCUT2D eigenvalue weighted by molar-refractivity contribution is 5.99. The van der Waals surface area contributed by atoms with Crippen molar-refractivity contribution >= 4 is 5.91 Å². The lowest BCUT2D eigenvalue weighted by molar-refractivity contribution is 0.0951. The molecule has 5 aromatic rings. The third-order valence-electron chi connectivity index (χ3n) is 5.52. The number of nitrogens with zero attached hydrogens (tertiary/aromatic N) is 5. The van der Waals surface area contributed by atoms with Crippen molar-refractivity contribution in [2.45, 2.75) is 20.0 Å². The highest BCUT2D eigenvalue weighted by Gasteiger charge is 2.18. The van der Waals surface area contributed by atoms with Crippen molar-refractivity contribution < 1.29 is 4.79 Å². The Kier molecular flexibility index (Phi) is 5.99. The first-order chi connectivity index (χ1) is 16.7. The number of aryl methyl sites for hydroxylation is 1. The number of aromatic nitrogens is 5. The van der Waals surface area contributed by atoms with Gasteiger partial charge in [-0.1, -0.05) is 66.2 Å². The Hall–Kier alpha value is -4.52. The zero-order valence-corrected chi connectivity index (χ0v) is 18.8. The van der Waals surface area contributed by atoms with Crippen LogP contribution in [0.25, 0.3) is 17.1 Å². The highest BCUT2D eigenvalue weighted by Crippen LogP contribution is 2.23. The minimum absolute atomic E-state index is 0.175. The summed E-state index contributed by atoms with van der Waals surface area (Å²) in [7, 11) is 0. The number of amides is 1. The van der Waals surface area contributed by atoms with E-state index >= 15 is 0 Å². The summed E-state index contributed by atoms with van der Waals surface area (Å²) in [5.41, 5.74) is 5.30. The summed E-state index contributed by atoms with van der Waals surface area (Å²) in [4.78, 5) is 17.6. The van der Waals surface area contributed by atoms with Crippen LogP contribution in [0.2, 0.25) is 0 Å². The number of nitrogens with one attached hydrogen (secondary N) is 1. The van der Waals surface area contributed by atoms with Crippen molar-refractivity contribution in [3.63, 3.8) is 0 Å². The van der Waals surface area contributed by atoms with Crippen LogP contribution in [0.15, 0.2) is 97.6 Å². The van der Waals surface area contributed by atoms with E-state index in [1.165, 1.54) is 0 Å². The summed E-state index contributed by atoms with van der Waals surface area (Å²) >= 11 is 0. The standard InChI is InChI=1S/C27H24N6O/c1-20-8-11-23(12-9-20)26-24(19-32(31-26)18-21-6-3-2-4-7-21)27(34)29-17-22-10-13-25(28-16-22)33-15-5-14-30-33/h2-16,19H,17-18H2,1H3,(H,29,34). The molecule has 3 heterocycles. The first kappa shape index (κ1) is 21.3. The topological polar surface area (TPSA) is 77.6 Å². The van der Waals surface area contributed by atoms with E-state index in [9.17, 15) is 4.79 Å². The summed E-state index contributed by atoms with van der Waals surface area (Å²) in [6.45, 7) is 2.99. The molecule has 3 aromatic heterocycles. The molecule has 0 fully saturated rings. The van der Waals surface area contributed by atoms with Gasteiger partial charge < -0.3 is 5.32 Å². The van der Waals surface area contributed by atoms with Crippen LogP contribution in [0.4, 0.5) is 0 Å². The summed E-state index contributed by atoms with van der Waals surface area (Å²) in [6.07, 6.45) is 7.11. The molecule has 0 bridgehead atoms. The van der Waals surface area contributed by atoms with Crippen LogP contribution in [0.3, 0.4) is 0 Å². The van der Waals surface area contributed by atoms with Crippen LogP contribution >= 0.6 is 0 Å². The molecule has 2 aromatic carbocycles. The molecule has 0 atom stereocenters. The summed E-state index contributed by atoms with van der Waals surface area (Å²) < 4.78 is 3.51. The van der Waals surface area contributed by atoms with E-state index in [-0.39, 0.29) is 5.91 Å². The van der Waals surface area contributed by atoms with Gasteiger partial charge in [0.1, 0.15) is 5.69 Å². The van der Waals surface area contributed by atoms with Gasteiger partial charge in [0, 0.05) is 36.9 Å². The minimum atomic E-state index is -0.175. The molecule has 7 heteroatoms. The molecule has 7 nitrogen and oxygen atoms in total. The van der Waals surface area contributed by atoms with E-state index in [4.69, 9.17) is 5.10 Å². The van der Waals surface area contributed by atoms with Gasteiger partial charge >= 0.3 is 0 Å². The molecule has 1 amide bonds. The largest absolute Gasteiger partial charge is 0.348 e. The summed E-state index contributed by atoms with van der Waals surface area (Å²) in [5, 5.41) is 12.0. The Morgan fingerprint density at radius 3 is 2.47 bits per heavy atom. The van der Waals surface area contributed by atoms with E-state index in [1.807, 2.05) is 96.8 Å². The fourth-order valence-corrected chi connectivity index (χ4v) is 3.70. The molecular formula is C27H24N6O. The fraction of sp³-hybridized carbons (Fsp3) is 0.111. The molecule has 0 aliphatic rings. The average Bonchev–Trinajstić information content (AvgIpc) is 3.55. The second kappa shape index (κ2) is 9.54. The normalized spacial score (nSPS) is 10.9. The average molecular weight is 449 g/mol. The summed E-state index contributed by atoms with van der Waals surface area (Å²) in [5.74, 6) is 0.551. The van der Waals surface area contributed by atoms with Crippen molar-refractivity contribution in [2.75, 3.05) is 0 Å². The molecule has 34 heavy (non-hydrogen) atoms. The molecule has 168 valence electrons. The molecule has 0 aliphatic carbocycles. The Balaban J connectivity index is 1.36. The Bertz CT molecular complexity index is 1370. The molecule has 0 spiro atoms. The van der Waals surface area contributed by atoms with Crippen molar-refractivity contribution in [3.05, 3.63) is 120 Å². The molecule has 0 aliphatic heterocycles. The number of carbonyl (C=O) groups excluding carboxylic acids is 1.